The molecule has 4 atom stereocenters. The summed E-state index contributed by atoms with van der Waals surface area (Å²) in [5.41, 5.74) is 2.17. The van der Waals surface area contributed by atoms with Gasteiger partial charge in [-0.3, -0.25) is 19.4 Å². The molecule has 0 saturated carbocycles. The number of aldehydes is 1. The number of carbonyl (C=O) groups is 3. The van der Waals surface area contributed by atoms with Gasteiger partial charge in [-0.1, -0.05) is 12.1 Å². The van der Waals surface area contributed by atoms with Crippen LogP contribution in [0.2, 0.25) is 0 Å². The van der Waals surface area contributed by atoms with E-state index in [9.17, 15) is 14.4 Å². The third-order valence-electron chi connectivity index (χ3n) is 5.72. The van der Waals surface area contributed by atoms with Crippen molar-refractivity contribution in [3.8, 4) is 5.75 Å². The van der Waals surface area contributed by atoms with E-state index in [4.69, 9.17) is 9.47 Å². The second-order valence-corrected chi connectivity index (χ2v) is 6.81. The molecular formula is C19H20N2O5. The SMILES string of the molecule is COC(=O)[C@@H]1C[C@H]2C(=O)N3C(=Cc4cccc(OC)c4[C@H]3C=O)[C@@H]1N2C. The van der Waals surface area contributed by atoms with E-state index in [-0.39, 0.29) is 17.9 Å². The van der Waals surface area contributed by atoms with Crippen molar-refractivity contribution in [3.63, 3.8) is 0 Å². The van der Waals surface area contributed by atoms with E-state index < -0.39 is 18.0 Å². The molecule has 1 aromatic carbocycles. The molecule has 2 bridgehead atoms. The van der Waals surface area contributed by atoms with Crippen LogP contribution in [0.15, 0.2) is 23.9 Å². The molecule has 0 radical (unpaired) electrons. The Hall–Kier alpha value is -2.67. The number of hydrogen-bond acceptors (Lipinski definition) is 6. The average Bonchev–Trinajstić information content (AvgIpc) is 2.94. The Labute approximate surface area is 151 Å². The van der Waals surface area contributed by atoms with Crippen LogP contribution in [0.4, 0.5) is 0 Å². The summed E-state index contributed by atoms with van der Waals surface area (Å²) in [7, 11) is 4.73. The van der Waals surface area contributed by atoms with Gasteiger partial charge in [0, 0.05) is 11.3 Å². The third-order valence-corrected chi connectivity index (χ3v) is 5.72. The van der Waals surface area contributed by atoms with Gasteiger partial charge in [0.15, 0.2) is 0 Å². The van der Waals surface area contributed by atoms with Crippen molar-refractivity contribution in [2.75, 3.05) is 21.3 Å². The van der Waals surface area contributed by atoms with Gasteiger partial charge < -0.3 is 14.3 Å². The molecule has 0 unspecified atom stereocenters. The predicted molar refractivity (Wildman–Crippen MR) is 92.1 cm³/mol. The highest BCUT2D eigenvalue weighted by molar-refractivity contribution is 5.94. The summed E-state index contributed by atoms with van der Waals surface area (Å²) >= 11 is 0. The zero-order chi connectivity index (χ0) is 18.6. The maximum absolute atomic E-state index is 13.2. The highest BCUT2D eigenvalue weighted by atomic mass is 16.5. The van der Waals surface area contributed by atoms with Gasteiger partial charge in [-0.05, 0) is 31.2 Å². The maximum atomic E-state index is 13.2. The van der Waals surface area contributed by atoms with Crippen molar-refractivity contribution in [3.05, 3.63) is 35.0 Å². The van der Waals surface area contributed by atoms with E-state index in [0.717, 1.165) is 11.8 Å². The van der Waals surface area contributed by atoms with E-state index in [1.165, 1.54) is 12.0 Å². The molecule has 7 heteroatoms. The highest BCUT2D eigenvalue weighted by Crippen LogP contribution is 2.48. The van der Waals surface area contributed by atoms with Crippen molar-refractivity contribution in [1.82, 2.24) is 9.80 Å². The second kappa shape index (κ2) is 5.95. The fourth-order valence-corrected chi connectivity index (χ4v) is 4.56. The smallest absolute Gasteiger partial charge is 0.310 e. The summed E-state index contributed by atoms with van der Waals surface area (Å²) in [6.45, 7) is 0. The zero-order valence-electron chi connectivity index (χ0n) is 14.8. The molecule has 3 heterocycles. The van der Waals surface area contributed by atoms with Gasteiger partial charge in [0.05, 0.1) is 32.2 Å². The summed E-state index contributed by atoms with van der Waals surface area (Å²) < 4.78 is 10.4. The van der Waals surface area contributed by atoms with Gasteiger partial charge in [0.2, 0.25) is 5.91 Å². The quantitative estimate of drug-likeness (QED) is 0.594. The molecule has 3 aliphatic rings. The minimum absolute atomic E-state index is 0.171. The second-order valence-electron chi connectivity index (χ2n) is 6.81. The number of nitrogens with zero attached hydrogens (tertiary/aromatic N) is 2. The molecular weight excluding hydrogens is 336 g/mol. The third kappa shape index (κ3) is 2.07. The van der Waals surface area contributed by atoms with E-state index >= 15 is 0 Å². The van der Waals surface area contributed by atoms with Crippen LogP contribution in [-0.4, -0.2) is 61.3 Å². The molecule has 2 fully saturated rings. The van der Waals surface area contributed by atoms with Crippen molar-refractivity contribution in [1.29, 1.82) is 0 Å². The van der Waals surface area contributed by atoms with Crippen LogP contribution in [0, 0.1) is 5.92 Å². The molecule has 1 amide bonds. The summed E-state index contributed by atoms with van der Waals surface area (Å²) in [6.07, 6.45) is 3.04. The molecule has 4 rings (SSSR count). The molecule has 1 aromatic rings. The lowest BCUT2D eigenvalue weighted by atomic mass is 9.88. The fraction of sp³-hybridized carbons (Fsp3) is 0.421. The van der Waals surface area contributed by atoms with Crippen molar-refractivity contribution >= 4 is 24.2 Å². The van der Waals surface area contributed by atoms with Crippen molar-refractivity contribution in [2.45, 2.75) is 24.5 Å². The lowest BCUT2D eigenvalue weighted by molar-refractivity contribution is -0.147. The minimum atomic E-state index is -0.760. The van der Waals surface area contributed by atoms with Gasteiger partial charge in [-0.2, -0.15) is 0 Å². The number of hydrogen-bond donors (Lipinski definition) is 0. The van der Waals surface area contributed by atoms with Crippen LogP contribution in [0.1, 0.15) is 23.6 Å². The summed E-state index contributed by atoms with van der Waals surface area (Å²) in [5, 5.41) is 0. The number of esters is 1. The molecule has 136 valence electrons. The number of carbonyl (C=O) groups excluding carboxylic acids is 3. The summed E-state index contributed by atoms with van der Waals surface area (Å²) in [4.78, 5) is 40.9. The van der Waals surface area contributed by atoms with Gasteiger partial charge in [0.25, 0.3) is 0 Å². The minimum Gasteiger partial charge on any atom is -0.496 e. The van der Waals surface area contributed by atoms with Crippen LogP contribution in [0.5, 0.6) is 5.75 Å². The Kier molecular flexibility index (Phi) is 3.84. The Bertz CT molecular complexity index is 833. The predicted octanol–water partition coefficient (Wildman–Crippen LogP) is 0.994. The number of methoxy groups -OCH3 is 2. The van der Waals surface area contributed by atoms with Gasteiger partial charge in [0.1, 0.15) is 18.1 Å². The Morgan fingerprint density at radius 2 is 2.08 bits per heavy atom. The molecule has 0 spiro atoms. The Balaban J connectivity index is 1.92. The fourth-order valence-electron chi connectivity index (χ4n) is 4.56. The molecule has 0 N–H and O–H groups in total. The first kappa shape index (κ1) is 16.8. The summed E-state index contributed by atoms with van der Waals surface area (Å²) in [6, 6.07) is 4.00. The number of ether oxygens (including phenoxy) is 2. The average molecular weight is 356 g/mol. The van der Waals surface area contributed by atoms with Gasteiger partial charge >= 0.3 is 5.97 Å². The van der Waals surface area contributed by atoms with Crippen LogP contribution in [0.3, 0.4) is 0 Å². The van der Waals surface area contributed by atoms with E-state index in [2.05, 4.69) is 0 Å². The van der Waals surface area contributed by atoms with Gasteiger partial charge in [-0.25, -0.2) is 0 Å². The van der Waals surface area contributed by atoms with Crippen LogP contribution in [-0.2, 0) is 19.1 Å². The lowest BCUT2D eigenvalue weighted by Crippen LogP contribution is -2.57. The van der Waals surface area contributed by atoms with Gasteiger partial charge in [-0.15, -0.1) is 0 Å². The Morgan fingerprint density at radius 1 is 1.31 bits per heavy atom. The van der Waals surface area contributed by atoms with Crippen LogP contribution in [0.25, 0.3) is 6.08 Å². The van der Waals surface area contributed by atoms with E-state index in [0.29, 0.717) is 23.4 Å². The summed E-state index contributed by atoms with van der Waals surface area (Å²) in [5.74, 6) is -0.373. The normalized spacial score (nSPS) is 29.6. The largest absolute Gasteiger partial charge is 0.496 e. The van der Waals surface area contributed by atoms with Crippen molar-refractivity contribution in [2.24, 2.45) is 5.92 Å². The lowest BCUT2D eigenvalue weighted by Gasteiger charge is -2.45. The molecule has 0 aromatic heterocycles. The van der Waals surface area contributed by atoms with E-state index in [1.54, 1.807) is 13.2 Å². The maximum Gasteiger partial charge on any atom is 0.310 e. The number of rotatable bonds is 3. The first-order valence-electron chi connectivity index (χ1n) is 8.50. The molecule has 0 aliphatic carbocycles. The zero-order valence-corrected chi connectivity index (χ0v) is 14.8. The highest BCUT2D eigenvalue weighted by Gasteiger charge is 2.57. The molecule has 3 aliphatic heterocycles. The van der Waals surface area contributed by atoms with Crippen LogP contribution < -0.4 is 4.74 Å². The number of likely N-dealkylation sites (N-methyl/N-ethyl adjacent to an activating group) is 1. The topological polar surface area (TPSA) is 76.1 Å². The van der Waals surface area contributed by atoms with Crippen LogP contribution >= 0.6 is 0 Å². The first-order chi connectivity index (χ1) is 12.5. The number of benzene rings is 1. The Morgan fingerprint density at radius 3 is 2.73 bits per heavy atom. The molecule has 7 nitrogen and oxygen atoms in total. The molecule has 2 saturated heterocycles. The first-order valence-corrected chi connectivity index (χ1v) is 8.50. The monoisotopic (exact) mass is 356 g/mol. The number of piperazine rings is 1. The standard InChI is InChI=1S/C19H20N2O5/c1-20-13-8-11(19(24)26-3)17(20)12-7-10-5-4-6-15(25-2)16(10)14(9-22)21(12)18(13)23/h4-7,9,11,13-14,17H,8H2,1-3H3/t11-,13+,14-,17-/m1/s1. The molecule has 26 heavy (non-hydrogen) atoms. The van der Waals surface area contributed by atoms with E-state index in [1.807, 2.05) is 30.2 Å². The van der Waals surface area contributed by atoms with Crippen molar-refractivity contribution < 1.29 is 23.9 Å². The number of fused-ring (bicyclic) bond motifs is 5. The number of amides is 1.